The van der Waals surface area contributed by atoms with Crippen molar-refractivity contribution in [3.63, 3.8) is 0 Å². The highest BCUT2D eigenvalue weighted by Crippen LogP contribution is 2.27. The topological polar surface area (TPSA) is 96.0 Å². The molecular weight excluding hydrogens is 526 g/mol. The first-order valence-electron chi connectivity index (χ1n) is 13.4. The first-order valence-corrected chi connectivity index (χ1v) is 14.9. The van der Waals surface area contributed by atoms with Crippen LogP contribution in [0.15, 0.2) is 77.7 Å². The van der Waals surface area contributed by atoms with E-state index < -0.39 is 28.5 Å². The molecule has 3 aromatic carbocycles. The molecule has 214 valence electrons. The van der Waals surface area contributed by atoms with Crippen LogP contribution in [0.25, 0.3) is 0 Å². The molecule has 1 N–H and O–H groups in total. The molecule has 2 amide bonds. The Labute approximate surface area is 238 Å². The van der Waals surface area contributed by atoms with Crippen molar-refractivity contribution in [1.82, 2.24) is 10.2 Å². The summed E-state index contributed by atoms with van der Waals surface area (Å²) in [5, 5.41) is 2.89. The number of nitrogens with zero attached hydrogens (tertiary/aromatic N) is 2. The van der Waals surface area contributed by atoms with Gasteiger partial charge in [0, 0.05) is 13.1 Å². The van der Waals surface area contributed by atoms with Crippen LogP contribution in [0.3, 0.4) is 0 Å². The largest absolute Gasteiger partial charge is 0.497 e. The summed E-state index contributed by atoms with van der Waals surface area (Å²) in [6.45, 7) is 7.72. The molecule has 0 bridgehead atoms. The van der Waals surface area contributed by atoms with E-state index in [0.29, 0.717) is 18.0 Å². The standard InChI is InChI=1S/C31H39N3O5S/c1-6-7-20-32-31(36)25(4)33(21-26-12-8-23(2)9-13-26)30(35)22-34(27-14-16-28(39-5)17-15-27)40(37,38)29-18-10-24(3)11-19-29/h8-19,25H,6-7,20-22H2,1-5H3,(H,32,36). The average molecular weight is 566 g/mol. The van der Waals surface area contributed by atoms with E-state index in [2.05, 4.69) is 5.32 Å². The van der Waals surface area contributed by atoms with Crippen LogP contribution in [0, 0.1) is 13.8 Å². The normalized spacial score (nSPS) is 11.9. The summed E-state index contributed by atoms with van der Waals surface area (Å²) in [6, 6.07) is 19.8. The molecule has 0 heterocycles. The number of carbonyl (C=O) groups is 2. The third kappa shape index (κ3) is 7.85. The molecule has 0 aromatic heterocycles. The Bertz CT molecular complexity index is 1370. The van der Waals surface area contributed by atoms with E-state index in [9.17, 15) is 18.0 Å². The number of unbranched alkanes of at least 4 members (excludes halogenated alkanes) is 1. The predicted molar refractivity (Wildman–Crippen MR) is 158 cm³/mol. The highest BCUT2D eigenvalue weighted by Gasteiger charge is 2.32. The van der Waals surface area contributed by atoms with E-state index in [1.807, 2.05) is 45.0 Å². The Hall–Kier alpha value is -3.85. The Morgan fingerprint density at radius 2 is 1.48 bits per heavy atom. The van der Waals surface area contributed by atoms with Crippen LogP contribution in [0.2, 0.25) is 0 Å². The first-order chi connectivity index (χ1) is 19.1. The number of carbonyl (C=O) groups excluding carboxylic acids is 2. The minimum atomic E-state index is -4.12. The molecule has 0 aliphatic rings. The van der Waals surface area contributed by atoms with Gasteiger partial charge >= 0.3 is 0 Å². The van der Waals surface area contributed by atoms with Gasteiger partial charge < -0.3 is 15.0 Å². The van der Waals surface area contributed by atoms with Gasteiger partial charge in [-0.2, -0.15) is 0 Å². The number of anilines is 1. The van der Waals surface area contributed by atoms with E-state index in [1.54, 1.807) is 43.3 Å². The lowest BCUT2D eigenvalue weighted by Crippen LogP contribution is -2.51. The van der Waals surface area contributed by atoms with Crippen molar-refractivity contribution < 1.29 is 22.7 Å². The molecule has 9 heteroatoms. The highest BCUT2D eigenvalue weighted by atomic mass is 32.2. The number of ether oxygens (including phenoxy) is 1. The smallest absolute Gasteiger partial charge is 0.264 e. The third-order valence-electron chi connectivity index (χ3n) is 6.72. The number of methoxy groups -OCH3 is 1. The Kier molecular flexibility index (Phi) is 10.7. The Morgan fingerprint density at radius 1 is 0.900 bits per heavy atom. The molecule has 0 saturated heterocycles. The lowest BCUT2D eigenvalue weighted by molar-refractivity contribution is -0.139. The molecule has 0 saturated carbocycles. The SMILES string of the molecule is CCCCNC(=O)C(C)N(Cc1ccc(C)cc1)C(=O)CN(c1ccc(OC)cc1)S(=O)(=O)c1ccc(C)cc1. The van der Waals surface area contributed by atoms with Crippen LogP contribution in [0.4, 0.5) is 5.69 Å². The lowest BCUT2D eigenvalue weighted by Gasteiger charge is -2.32. The van der Waals surface area contributed by atoms with E-state index in [0.717, 1.165) is 33.8 Å². The maximum atomic E-state index is 13.9. The molecule has 0 aliphatic carbocycles. The van der Waals surface area contributed by atoms with Gasteiger partial charge in [-0.3, -0.25) is 13.9 Å². The molecule has 8 nitrogen and oxygen atoms in total. The van der Waals surface area contributed by atoms with Gasteiger partial charge in [0.2, 0.25) is 11.8 Å². The fraction of sp³-hybridized carbons (Fsp3) is 0.355. The van der Waals surface area contributed by atoms with E-state index >= 15 is 0 Å². The highest BCUT2D eigenvalue weighted by molar-refractivity contribution is 7.92. The van der Waals surface area contributed by atoms with Crippen LogP contribution in [-0.2, 0) is 26.2 Å². The molecule has 0 aliphatic heterocycles. The van der Waals surface area contributed by atoms with E-state index in [1.165, 1.54) is 24.1 Å². The number of aryl methyl sites for hydroxylation is 2. The fourth-order valence-electron chi connectivity index (χ4n) is 4.12. The summed E-state index contributed by atoms with van der Waals surface area (Å²) in [5.41, 5.74) is 3.13. The number of amides is 2. The minimum Gasteiger partial charge on any atom is -0.497 e. The van der Waals surface area contributed by atoms with Gasteiger partial charge in [0.1, 0.15) is 18.3 Å². The monoisotopic (exact) mass is 565 g/mol. The third-order valence-corrected chi connectivity index (χ3v) is 8.51. The maximum Gasteiger partial charge on any atom is 0.264 e. The number of nitrogens with one attached hydrogen (secondary N) is 1. The van der Waals surface area contributed by atoms with Crippen molar-refractivity contribution in [2.75, 3.05) is 24.5 Å². The van der Waals surface area contributed by atoms with Crippen molar-refractivity contribution >= 4 is 27.5 Å². The van der Waals surface area contributed by atoms with Crippen LogP contribution in [-0.4, -0.2) is 51.4 Å². The molecule has 1 unspecified atom stereocenters. The number of benzene rings is 3. The number of hydrogen-bond donors (Lipinski definition) is 1. The summed E-state index contributed by atoms with van der Waals surface area (Å²) in [7, 11) is -2.59. The molecule has 40 heavy (non-hydrogen) atoms. The Balaban J connectivity index is 1.99. The number of hydrogen-bond acceptors (Lipinski definition) is 5. The molecule has 1 atom stereocenters. The average Bonchev–Trinajstić information content (AvgIpc) is 2.95. The summed E-state index contributed by atoms with van der Waals surface area (Å²) in [6.07, 6.45) is 1.75. The second-order valence-corrected chi connectivity index (χ2v) is 11.7. The zero-order valence-electron chi connectivity index (χ0n) is 23.9. The second kappa shape index (κ2) is 14.0. The first kappa shape index (κ1) is 30.7. The number of sulfonamides is 1. The summed E-state index contributed by atoms with van der Waals surface area (Å²) in [5.74, 6) is -0.224. The minimum absolute atomic E-state index is 0.0668. The molecule has 3 rings (SSSR count). The fourth-order valence-corrected chi connectivity index (χ4v) is 5.54. The van der Waals surface area contributed by atoms with Crippen molar-refractivity contribution in [2.24, 2.45) is 0 Å². The quantitative estimate of drug-likeness (QED) is 0.299. The van der Waals surface area contributed by atoms with Crippen molar-refractivity contribution in [1.29, 1.82) is 0 Å². The van der Waals surface area contributed by atoms with Crippen molar-refractivity contribution in [3.8, 4) is 5.75 Å². The van der Waals surface area contributed by atoms with Crippen LogP contribution in [0.1, 0.15) is 43.4 Å². The summed E-state index contributed by atoms with van der Waals surface area (Å²) < 4.78 is 34.1. The molecule has 0 fully saturated rings. The summed E-state index contributed by atoms with van der Waals surface area (Å²) in [4.78, 5) is 28.5. The van der Waals surface area contributed by atoms with Crippen LogP contribution >= 0.6 is 0 Å². The van der Waals surface area contributed by atoms with Gasteiger partial charge in [-0.1, -0.05) is 60.9 Å². The van der Waals surface area contributed by atoms with Gasteiger partial charge in [-0.15, -0.1) is 0 Å². The predicted octanol–water partition coefficient (Wildman–Crippen LogP) is 4.84. The summed E-state index contributed by atoms with van der Waals surface area (Å²) >= 11 is 0. The number of rotatable bonds is 13. The second-order valence-electron chi connectivity index (χ2n) is 9.85. The van der Waals surface area contributed by atoms with Crippen LogP contribution in [0.5, 0.6) is 5.75 Å². The maximum absolute atomic E-state index is 13.9. The molecular formula is C31H39N3O5S. The Morgan fingerprint density at radius 3 is 2.02 bits per heavy atom. The van der Waals surface area contributed by atoms with E-state index in [4.69, 9.17) is 4.74 Å². The van der Waals surface area contributed by atoms with Gasteiger partial charge in [0.05, 0.1) is 17.7 Å². The zero-order valence-corrected chi connectivity index (χ0v) is 24.7. The molecule has 0 spiro atoms. The van der Waals surface area contributed by atoms with E-state index in [-0.39, 0.29) is 17.3 Å². The van der Waals surface area contributed by atoms with Crippen molar-refractivity contribution in [3.05, 3.63) is 89.5 Å². The molecule has 3 aromatic rings. The van der Waals surface area contributed by atoms with Gasteiger partial charge in [-0.05, 0) is 69.2 Å². The van der Waals surface area contributed by atoms with Crippen molar-refractivity contribution in [2.45, 2.75) is 58.0 Å². The zero-order chi connectivity index (χ0) is 29.3. The van der Waals surface area contributed by atoms with Gasteiger partial charge in [-0.25, -0.2) is 8.42 Å². The van der Waals surface area contributed by atoms with Crippen LogP contribution < -0.4 is 14.4 Å². The van der Waals surface area contributed by atoms with Gasteiger partial charge in [0.15, 0.2) is 0 Å². The molecule has 0 radical (unpaired) electrons. The van der Waals surface area contributed by atoms with Gasteiger partial charge in [0.25, 0.3) is 10.0 Å². The lowest BCUT2D eigenvalue weighted by atomic mass is 10.1.